The van der Waals surface area contributed by atoms with Gasteiger partial charge in [0.15, 0.2) is 0 Å². The van der Waals surface area contributed by atoms with E-state index in [1.165, 1.54) is 25.0 Å². The van der Waals surface area contributed by atoms with Crippen molar-refractivity contribution in [2.75, 3.05) is 6.54 Å². The van der Waals surface area contributed by atoms with Gasteiger partial charge < -0.3 is 5.11 Å². The first-order chi connectivity index (χ1) is 8.49. The molecule has 2 N–H and O–H groups in total. The number of carbonyl (C=O) groups is 1. The lowest BCUT2D eigenvalue weighted by Crippen LogP contribution is -2.24. The largest absolute Gasteiger partial charge is 0.477 e. The Morgan fingerprint density at radius 3 is 2.72 bits per heavy atom. The first kappa shape index (κ1) is 13.5. The molecule has 0 spiro atoms. The van der Waals surface area contributed by atoms with Crippen LogP contribution in [0.15, 0.2) is 16.3 Å². The van der Waals surface area contributed by atoms with E-state index >= 15 is 0 Å². The number of nitrogens with one attached hydrogen (secondary N) is 1. The Kier molecular flexibility index (Phi) is 4.04. The van der Waals surface area contributed by atoms with E-state index < -0.39 is 16.0 Å². The van der Waals surface area contributed by atoms with Gasteiger partial charge in [-0.05, 0) is 30.9 Å². The number of sulfonamides is 1. The molecule has 7 heteroatoms. The van der Waals surface area contributed by atoms with Crippen LogP contribution in [0.25, 0.3) is 0 Å². The highest BCUT2D eigenvalue weighted by molar-refractivity contribution is 7.91. The molecular formula is C11H15NO4S2. The second-order valence-electron chi connectivity index (χ2n) is 4.41. The number of thiophene rings is 1. The summed E-state index contributed by atoms with van der Waals surface area (Å²) in [5.74, 6) is -0.315. The molecule has 5 nitrogen and oxygen atoms in total. The molecule has 1 fully saturated rings. The molecule has 1 aliphatic rings. The van der Waals surface area contributed by atoms with E-state index in [1.807, 2.05) is 0 Å². The van der Waals surface area contributed by atoms with Crippen LogP contribution in [0.3, 0.4) is 0 Å². The van der Waals surface area contributed by atoms with Crippen LogP contribution in [0.1, 0.15) is 35.4 Å². The highest BCUT2D eigenvalue weighted by atomic mass is 32.2. The van der Waals surface area contributed by atoms with Crippen molar-refractivity contribution in [3.63, 3.8) is 0 Å². The fourth-order valence-corrected chi connectivity index (χ4v) is 3.92. The predicted molar refractivity (Wildman–Crippen MR) is 68.4 cm³/mol. The van der Waals surface area contributed by atoms with Crippen molar-refractivity contribution < 1.29 is 18.3 Å². The molecule has 0 radical (unpaired) electrons. The summed E-state index contributed by atoms with van der Waals surface area (Å²) >= 11 is 0.775. The summed E-state index contributed by atoms with van der Waals surface area (Å²) in [6.45, 7) is 0.416. The summed E-state index contributed by atoms with van der Waals surface area (Å²) in [5, 5.41) is 8.74. The summed E-state index contributed by atoms with van der Waals surface area (Å²) in [7, 11) is -3.55. The van der Waals surface area contributed by atoms with E-state index in [-0.39, 0.29) is 9.09 Å². The van der Waals surface area contributed by atoms with Crippen LogP contribution in [0, 0.1) is 5.92 Å². The van der Waals surface area contributed by atoms with Crippen molar-refractivity contribution in [1.82, 2.24) is 4.72 Å². The van der Waals surface area contributed by atoms with Gasteiger partial charge in [0.05, 0.1) is 0 Å². The Balaban J connectivity index is 1.89. The van der Waals surface area contributed by atoms with Crippen molar-refractivity contribution in [3.05, 3.63) is 17.0 Å². The maximum absolute atomic E-state index is 11.8. The third kappa shape index (κ3) is 3.54. The van der Waals surface area contributed by atoms with Gasteiger partial charge in [0.25, 0.3) is 0 Å². The summed E-state index contributed by atoms with van der Waals surface area (Å²) in [6.07, 6.45) is 4.42. The molecule has 0 aliphatic heterocycles. The van der Waals surface area contributed by atoms with E-state index in [4.69, 9.17) is 5.11 Å². The summed E-state index contributed by atoms with van der Waals surface area (Å²) in [6, 6.07) is 2.64. The van der Waals surface area contributed by atoms with Crippen LogP contribution in [-0.2, 0) is 10.0 Å². The zero-order valence-corrected chi connectivity index (χ0v) is 11.4. The number of carboxylic acids is 1. The second kappa shape index (κ2) is 5.38. The predicted octanol–water partition coefficient (Wildman–Crippen LogP) is 1.91. The van der Waals surface area contributed by atoms with Crippen LogP contribution >= 0.6 is 11.3 Å². The topological polar surface area (TPSA) is 83.5 Å². The molecule has 100 valence electrons. The van der Waals surface area contributed by atoms with Gasteiger partial charge in [0, 0.05) is 6.54 Å². The molecule has 0 aromatic carbocycles. The molecular weight excluding hydrogens is 274 g/mol. The van der Waals surface area contributed by atoms with Crippen molar-refractivity contribution >= 4 is 27.3 Å². The van der Waals surface area contributed by atoms with Crippen LogP contribution in [0.4, 0.5) is 0 Å². The van der Waals surface area contributed by atoms with Crippen molar-refractivity contribution in [3.8, 4) is 0 Å². The monoisotopic (exact) mass is 289 g/mol. The first-order valence-corrected chi connectivity index (χ1v) is 8.12. The van der Waals surface area contributed by atoms with Gasteiger partial charge in [-0.3, -0.25) is 0 Å². The first-order valence-electron chi connectivity index (χ1n) is 5.82. The smallest absolute Gasteiger partial charge is 0.345 e. The zero-order valence-electron chi connectivity index (χ0n) is 9.76. The van der Waals surface area contributed by atoms with E-state index in [0.717, 1.165) is 30.1 Å². The lowest BCUT2D eigenvalue weighted by molar-refractivity contribution is 0.0702. The average Bonchev–Trinajstić information content (AvgIpc) is 2.96. The maximum atomic E-state index is 11.8. The third-order valence-corrected chi connectivity index (χ3v) is 5.86. The number of rotatable bonds is 7. The average molecular weight is 289 g/mol. The SMILES string of the molecule is O=C(O)c1ccc(S(=O)(=O)NCCCC2CC2)s1. The van der Waals surface area contributed by atoms with Crippen LogP contribution in [0.2, 0.25) is 0 Å². The Morgan fingerprint density at radius 1 is 1.44 bits per heavy atom. The normalized spacial score (nSPS) is 15.8. The van der Waals surface area contributed by atoms with Gasteiger partial charge in [0.2, 0.25) is 10.0 Å². The molecule has 0 amide bonds. The number of carboxylic acid groups (broad SMARTS) is 1. The molecule has 18 heavy (non-hydrogen) atoms. The zero-order chi connectivity index (χ0) is 13.2. The Morgan fingerprint density at radius 2 is 2.17 bits per heavy atom. The molecule has 2 rings (SSSR count). The Bertz CT molecular complexity index is 531. The molecule has 1 heterocycles. The minimum absolute atomic E-state index is 0.0355. The summed E-state index contributed by atoms with van der Waals surface area (Å²) in [5.41, 5.74) is 0. The van der Waals surface area contributed by atoms with Crippen molar-refractivity contribution in [2.24, 2.45) is 5.92 Å². The fourth-order valence-electron chi connectivity index (χ4n) is 1.65. The molecule has 0 saturated heterocycles. The van der Waals surface area contributed by atoms with Gasteiger partial charge in [-0.1, -0.05) is 12.8 Å². The van der Waals surface area contributed by atoms with Gasteiger partial charge in [-0.25, -0.2) is 17.9 Å². The number of hydrogen-bond donors (Lipinski definition) is 2. The minimum atomic E-state index is -3.55. The van der Waals surface area contributed by atoms with Crippen LogP contribution < -0.4 is 4.72 Å². The highest BCUT2D eigenvalue weighted by Crippen LogP contribution is 2.33. The van der Waals surface area contributed by atoms with Crippen molar-refractivity contribution in [1.29, 1.82) is 0 Å². The fraction of sp³-hybridized carbons (Fsp3) is 0.545. The van der Waals surface area contributed by atoms with E-state index in [0.29, 0.717) is 6.54 Å². The van der Waals surface area contributed by atoms with Gasteiger partial charge in [-0.15, -0.1) is 11.3 Å². The Hall–Kier alpha value is -0.920. The summed E-state index contributed by atoms with van der Waals surface area (Å²) in [4.78, 5) is 10.7. The molecule has 1 saturated carbocycles. The lowest BCUT2D eigenvalue weighted by atomic mass is 10.2. The quantitative estimate of drug-likeness (QED) is 0.751. The number of hydrogen-bond acceptors (Lipinski definition) is 4. The van der Waals surface area contributed by atoms with E-state index in [2.05, 4.69) is 4.72 Å². The van der Waals surface area contributed by atoms with Crippen LogP contribution in [-0.4, -0.2) is 26.0 Å². The van der Waals surface area contributed by atoms with Gasteiger partial charge in [0.1, 0.15) is 9.09 Å². The third-order valence-electron chi connectivity index (χ3n) is 2.84. The van der Waals surface area contributed by atoms with E-state index in [1.54, 1.807) is 0 Å². The molecule has 0 atom stereocenters. The highest BCUT2D eigenvalue weighted by Gasteiger charge is 2.21. The Labute approximate surface area is 110 Å². The molecule has 0 bridgehead atoms. The minimum Gasteiger partial charge on any atom is -0.477 e. The molecule has 1 aromatic heterocycles. The lowest BCUT2D eigenvalue weighted by Gasteiger charge is -2.03. The van der Waals surface area contributed by atoms with Gasteiger partial charge in [-0.2, -0.15) is 0 Å². The molecule has 0 unspecified atom stereocenters. The standard InChI is InChI=1S/C11H15NO4S2/c13-11(14)9-5-6-10(17-9)18(15,16)12-7-1-2-8-3-4-8/h5-6,8,12H,1-4,7H2,(H,13,14). The second-order valence-corrected chi connectivity index (χ2v) is 7.48. The summed E-state index contributed by atoms with van der Waals surface area (Å²) < 4.78 is 26.2. The van der Waals surface area contributed by atoms with Crippen LogP contribution in [0.5, 0.6) is 0 Å². The molecule has 1 aromatic rings. The number of aromatic carboxylic acids is 1. The maximum Gasteiger partial charge on any atom is 0.345 e. The molecule has 1 aliphatic carbocycles. The van der Waals surface area contributed by atoms with Crippen molar-refractivity contribution in [2.45, 2.75) is 29.9 Å². The van der Waals surface area contributed by atoms with E-state index in [9.17, 15) is 13.2 Å². The van der Waals surface area contributed by atoms with Gasteiger partial charge >= 0.3 is 5.97 Å².